The molecule has 0 aromatic heterocycles. The first-order valence-electron chi connectivity index (χ1n) is 7.27. The summed E-state index contributed by atoms with van der Waals surface area (Å²) in [6, 6.07) is 0. The summed E-state index contributed by atoms with van der Waals surface area (Å²) in [6.07, 6.45) is 22.7. The summed E-state index contributed by atoms with van der Waals surface area (Å²) >= 11 is -0.360. The summed E-state index contributed by atoms with van der Waals surface area (Å²) in [5.74, 6) is 0. The van der Waals surface area contributed by atoms with Gasteiger partial charge in [-0.05, 0) is 0 Å². The molecule has 0 radical (unpaired) electrons. The Kier molecular flexibility index (Phi) is 8.56. The zero-order chi connectivity index (χ0) is 12.2. The Bertz CT molecular complexity index is 473. The molecule has 0 aliphatic heterocycles. The van der Waals surface area contributed by atoms with Crippen molar-refractivity contribution in [1.29, 1.82) is 0 Å². The van der Waals surface area contributed by atoms with Crippen molar-refractivity contribution < 1.29 is 47.6 Å². The van der Waals surface area contributed by atoms with Crippen LogP contribution in [0.15, 0.2) is 44.8 Å². The van der Waals surface area contributed by atoms with Gasteiger partial charge in [0.2, 0.25) is 0 Å². The van der Waals surface area contributed by atoms with Gasteiger partial charge in [-0.2, -0.15) is 0 Å². The van der Waals surface area contributed by atoms with Gasteiger partial charge < -0.3 is 24.8 Å². The second kappa shape index (κ2) is 9.34. The van der Waals surface area contributed by atoms with Crippen LogP contribution in [0.1, 0.15) is 51.4 Å². The maximum absolute atomic E-state index is 2.42. The standard InChI is InChI=1S/C11H11.C6H10.2ClH.Zr/c1-2-6-10(5-1)9-11-7-3-4-8-11;1-2-4-6-5-3-1;;;/h1-3,5,7H,4,6,9H2;1-5H2;2*1H;/q;;;;+2/p-2. The van der Waals surface area contributed by atoms with Crippen LogP contribution in [0.4, 0.5) is 0 Å². The zero-order valence-corrected chi connectivity index (χ0v) is 15.8. The molecule has 0 aromatic rings. The average Bonchev–Trinajstić information content (AvgIpc) is 3.04. The molecule has 0 heterocycles. The third-order valence-electron chi connectivity index (χ3n) is 4.08. The van der Waals surface area contributed by atoms with Crippen molar-refractivity contribution >= 4 is 3.21 Å². The number of rotatable bonds is 3. The van der Waals surface area contributed by atoms with Crippen LogP contribution < -0.4 is 24.8 Å². The predicted octanol–water partition coefficient (Wildman–Crippen LogP) is -1.30. The van der Waals surface area contributed by atoms with Crippen LogP contribution in [-0.4, -0.2) is 3.21 Å². The topological polar surface area (TPSA) is 0 Å². The van der Waals surface area contributed by atoms with Crippen molar-refractivity contribution in [2.75, 3.05) is 0 Å². The molecule has 0 amide bonds. The SMILES string of the molecule is C1=CCC(CC2=[C]([Zr+2]=[C]3CCCCC3)CC=C2)=C1.[Cl-].[Cl-]. The molecule has 3 aliphatic carbocycles. The fourth-order valence-corrected chi connectivity index (χ4v) is 6.92. The molecular formula is C17H21Cl2Zr. The van der Waals surface area contributed by atoms with Crippen LogP contribution in [0.2, 0.25) is 0 Å². The van der Waals surface area contributed by atoms with E-state index < -0.39 is 0 Å². The minimum Gasteiger partial charge on any atom is -1.00 e. The Morgan fingerprint density at radius 3 is 2.45 bits per heavy atom. The number of hydrogen-bond acceptors (Lipinski definition) is 0. The van der Waals surface area contributed by atoms with Gasteiger partial charge in [0.05, 0.1) is 0 Å². The Morgan fingerprint density at radius 2 is 1.75 bits per heavy atom. The van der Waals surface area contributed by atoms with Crippen molar-refractivity contribution in [3.63, 3.8) is 0 Å². The van der Waals surface area contributed by atoms with E-state index in [1.54, 1.807) is 11.1 Å². The molecule has 0 bridgehead atoms. The van der Waals surface area contributed by atoms with Crippen LogP contribution in [0, 0.1) is 0 Å². The van der Waals surface area contributed by atoms with Crippen molar-refractivity contribution in [2.45, 2.75) is 51.4 Å². The van der Waals surface area contributed by atoms with E-state index >= 15 is 0 Å². The Labute approximate surface area is 146 Å². The monoisotopic (exact) mass is 385 g/mol. The summed E-state index contributed by atoms with van der Waals surface area (Å²) in [7, 11) is 0. The summed E-state index contributed by atoms with van der Waals surface area (Å²) in [5, 5.41) is 0. The van der Waals surface area contributed by atoms with E-state index in [4.69, 9.17) is 0 Å². The summed E-state index contributed by atoms with van der Waals surface area (Å²) < 4.78 is 3.86. The van der Waals surface area contributed by atoms with Crippen molar-refractivity contribution in [3.8, 4) is 0 Å². The summed E-state index contributed by atoms with van der Waals surface area (Å²) in [6.45, 7) is 0. The molecule has 1 saturated carbocycles. The number of hydrogen-bond donors (Lipinski definition) is 0. The normalized spacial score (nSPS) is 20.4. The molecule has 20 heavy (non-hydrogen) atoms. The van der Waals surface area contributed by atoms with Crippen LogP contribution in [0.3, 0.4) is 0 Å². The van der Waals surface area contributed by atoms with E-state index in [1.165, 1.54) is 51.4 Å². The molecule has 3 heteroatoms. The molecule has 0 atom stereocenters. The van der Waals surface area contributed by atoms with Crippen LogP contribution in [0.5, 0.6) is 0 Å². The van der Waals surface area contributed by atoms with E-state index in [9.17, 15) is 0 Å². The van der Waals surface area contributed by atoms with E-state index in [0.29, 0.717) is 0 Å². The van der Waals surface area contributed by atoms with Crippen molar-refractivity contribution in [2.24, 2.45) is 0 Å². The molecule has 0 aromatic carbocycles. The molecule has 1 fully saturated rings. The predicted molar refractivity (Wildman–Crippen MR) is 75.3 cm³/mol. The van der Waals surface area contributed by atoms with Gasteiger partial charge in [0.15, 0.2) is 0 Å². The van der Waals surface area contributed by atoms with Gasteiger partial charge in [-0.3, -0.25) is 0 Å². The molecular weight excluding hydrogens is 366 g/mol. The first-order valence-corrected chi connectivity index (χ1v) is 9.72. The van der Waals surface area contributed by atoms with Gasteiger partial charge in [-0.15, -0.1) is 0 Å². The molecule has 3 rings (SSSR count). The van der Waals surface area contributed by atoms with Crippen LogP contribution >= 0.6 is 0 Å². The minimum absolute atomic E-state index is 0. The quantitative estimate of drug-likeness (QED) is 0.565. The van der Waals surface area contributed by atoms with Crippen molar-refractivity contribution in [1.82, 2.24) is 0 Å². The molecule has 0 spiro atoms. The summed E-state index contributed by atoms with van der Waals surface area (Å²) in [4.78, 5) is 0. The number of halogens is 2. The maximum Gasteiger partial charge on any atom is -1.00 e. The summed E-state index contributed by atoms with van der Waals surface area (Å²) in [5.41, 5.74) is 3.30. The third-order valence-corrected chi connectivity index (χ3v) is 8.21. The molecule has 107 valence electrons. The Hall–Kier alpha value is 0.293. The number of allylic oxidation sites excluding steroid dienone is 8. The van der Waals surface area contributed by atoms with Gasteiger partial charge in [0.1, 0.15) is 0 Å². The van der Waals surface area contributed by atoms with Crippen LogP contribution in [-0.2, 0) is 22.8 Å². The molecule has 0 saturated heterocycles. The second-order valence-corrected chi connectivity index (χ2v) is 9.37. The maximum atomic E-state index is 2.42. The van der Waals surface area contributed by atoms with Crippen LogP contribution in [0.25, 0.3) is 0 Å². The fraction of sp³-hybridized carbons (Fsp3) is 0.471. The smallest absolute Gasteiger partial charge is 1.00 e. The molecule has 0 N–H and O–H groups in total. The Balaban J connectivity index is 0.000001000. The van der Waals surface area contributed by atoms with Crippen molar-refractivity contribution in [3.05, 3.63) is 44.8 Å². The molecule has 0 unspecified atom stereocenters. The first kappa shape index (κ1) is 18.3. The van der Waals surface area contributed by atoms with E-state index in [2.05, 4.69) is 30.4 Å². The van der Waals surface area contributed by atoms with Gasteiger partial charge in [-0.25, -0.2) is 0 Å². The fourth-order valence-electron chi connectivity index (χ4n) is 3.03. The molecule has 3 aliphatic rings. The molecule has 0 nitrogen and oxygen atoms in total. The van der Waals surface area contributed by atoms with E-state index in [-0.39, 0.29) is 47.6 Å². The average molecular weight is 387 g/mol. The van der Waals surface area contributed by atoms with E-state index in [0.717, 1.165) is 0 Å². The Morgan fingerprint density at radius 1 is 0.950 bits per heavy atom. The third kappa shape index (κ3) is 4.94. The van der Waals surface area contributed by atoms with E-state index in [1.807, 2.05) is 6.49 Å². The first-order chi connectivity index (χ1) is 8.92. The van der Waals surface area contributed by atoms with Gasteiger partial charge >= 0.3 is 122 Å². The van der Waals surface area contributed by atoms with Gasteiger partial charge in [0.25, 0.3) is 0 Å². The minimum atomic E-state index is -0.360. The second-order valence-electron chi connectivity index (χ2n) is 5.53. The van der Waals surface area contributed by atoms with Gasteiger partial charge in [-0.1, -0.05) is 0 Å². The largest absolute Gasteiger partial charge is 1.00 e. The zero-order valence-electron chi connectivity index (χ0n) is 11.8. The van der Waals surface area contributed by atoms with Gasteiger partial charge in [0, 0.05) is 0 Å².